The smallest absolute Gasteiger partial charge is 0.305 e. The lowest BCUT2D eigenvalue weighted by Crippen LogP contribution is -2.45. The van der Waals surface area contributed by atoms with Crippen molar-refractivity contribution in [1.82, 2.24) is 5.32 Å². The van der Waals surface area contributed by atoms with Crippen LogP contribution in [0.4, 0.5) is 0 Å². The van der Waals surface area contributed by atoms with Crippen molar-refractivity contribution in [2.75, 3.05) is 13.2 Å². The standard InChI is InChI=1S/C62H117NO5/c1-3-5-7-9-11-13-15-17-18-19-22-26-29-32-36-40-44-48-52-56-62(67)68-57-53-49-45-41-37-33-30-27-24-21-20-23-25-28-31-35-39-43-47-51-55-61(66)63-59(58-64)60(65)54-50-46-42-38-34-16-14-12-10-8-6-4-2/h17-18,20,23,50,54,59-60,64-65H,3-16,19,21-22,24-49,51-53,55-58H2,1-2H3,(H,63,66)/b18-17-,23-20-,54-50+. The number of esters is 1. The van der Waals surface area contributed by atoms with Gasteiger partial charge in [0, 0.05) is 12.8 Å². The molecule has 2 unspecified atom stereocenters. The van der Waals surface area contributed by atoms with Gasteiger partial charge in [-0.1, -0.05) is 262 Å². The van der Waals surface area contributed by atoms with Crippen molar-refractivity contribution in [3.8, 4) is 0 Å². The fraction of sp³-hybridized carbons (Fsp3) is 0.871. The van der Waals surface area contributed by atoms with E-state index < -0.39 is 12.1 Å². The minimum Gasteiger partial charge on any atom is -0.466 e. The summed E-state index contributed by atoms with van der Waals surface area (Å²) in [5, 5.41) is 23.0. The van der Waals surface area contributed by atoms with Crippen molar-refractivity contribution in [2.45, 2.75) is 334 Å². The Morgan fingerprint density at radius 2 is 0.691 bits per heavy atom. The highest BCUT2D eigenvalue weighted by Gasteiger charge is 2.18. The van der Waals surface area contributed by atoms with E-state index in [0.29, 0.717) is 19.4 Å². The molecule has 0 aliphatic carbocycles. The van der Waals surface area contributed by atoms with Crippen LogP contribution in [0.15, 0.2) is 36.5 Å². The molecule has 0 aromatic carbocycles. The number of carbonyl (C=O) groups excluding carboxylic acids is 2. The summed E-state index contributed by atoms with van der Waals surface area (Å²) in [5.74, 6) is -0.0723. The molecule has 0 saturated carbocycles. The number of hydrogen-bond donors (Lipinski definition) is 3. The van der Waals surface area contributed by atoms with E-state index in [4.69, 9.17) is 4.74 Å². The Kier molecular flexibility index (Phi) is 56.0. The second-order valence-corrected chi connectivity index (χ2v) is 20.7. The third kappa shape index (κ3) is 53.4. The van der Waals surface area contributed by atoms with Crippen LogP contribution in [-0.4, -0.2) is 47.4 Å². The zero-order chi connectivity index (χ0) is 49.3. The molecule has 0 aromatic rings. The van der Waals surface area contributed by atoms with E-state index in [0.717, 1.165) is 51.4 Å². The lowest BCUT2D eigenvalue weighted by atomic mass is 10.0. The first kappa shape index (κ1) is 66.1. The molecule has 6 nitrogen and oxygen atoms in total. The molecule has 3 N–H and O–H groups in total. The van der Waals surface area contributed by atoms with Crippen LogP contribution in [-0.2, 0) is 14.3 Å². The third-order valence-corrected chi connectivity index (χ3v) is 13.9. The summed E-state index contributed by atoms with van der Waals surface area (Å²) in [6, 6.07) is -0.633. The molecule has 0 aromatic heterocycles. The average molecular weight is 957 g/mol. The van der Waals surface area contributed by atoms with Gasteiger partial charge in [0.25, 0.3) is 0 Å². The Balaban J connectivity index is 3.42. The van der Waals surface area contributed by atoms with Gasteiger partial charge in [-0.2, -0.15) is 0 Å². The molecular formula is C62H117NO5. The molecule has 0 rings (SSSR count). The van der Waals surface area contributed by atoms with Crippen LogP contribution in [0.2, 0.25) is 0 Å². The molecule has 0 radical (unpaired) electrons. The lowest BCUT2D eigenvalue weighted by Gasteiger charge is -2.20. The Morgan fingerprint density at radius 1 is 0.397 bits per heavy atom. The zero-order valence-electron chi connectivity index (χ0n) is 45.6. The van der Waals surface area contributed by atoms with Crippen LogP contribution in [0.5, 0.6) is 0 Å². The predicted molar refractivity (Wildman–Crippen MR) is 296 cm³/mol. The molecule has 2 atom stereocenters. The normalized spacial score (nSPS) is 12.8. The van der Waals surface area contributed by atoms with Crippen LogP contribution in [0.3, 0.4) is 0 Å². The predicted octanol–water partition coefficient (Wildman–Crippen LogP) is 18.8. The first-order valence-corrected chi connectivity index (χ1v) is 30.3. The van der Waals surface area contributed by atoms with Gasteiger partial charge in [0.1, 0.15) is 0 Å². The molecule has 0 aliphatic rings. The maximum Gasteiger partial charge on any atom is 0.305 e. The van der Waals surface area contributed by atoms with Crippen LogP contribution in [0.1, 0.15) is 322 Å². The van der Waals surface area contributed by atoms with E-state index in [-0.39, 0.29) is 18.5 Å². The quantitative estimate of drug-likeness (QED) is 0.0321. The van der Waals surface area contributed by atoms with Crippen LogP contribution in [0, 0.1) is 0 Å². The molecule has 0 aliphatic heterocycles. The number of nitrogens with one attached hydrogen (secondary N) is 1. The maximum absolute atomic E-state index is 12.4. The number of allylic oxidation sites excluding steroid dienone is 5. The van der Waals surface area contributed by atoms with Crippen molar-refractivity contribution in [3.05, 3.63) is 36.5 Å². The number of unbranched alkanes of at least 4 members (excludes halogenated alkanes) is 41. The first-order valence-electron chi connectivity index (χ1n) is 30.3. The van der Waals surface area contributed by atoms with E-state index in [1.807, 2.05) is 6.08 Å². The van der Waals surface area contributed by atoms with E-state index in [9.17, 15) is 19.8 Å². The fourth-order valence-electron chi connectivity index (χ4n) is 9.21. The molecule has 0 bridgehead atoms. The van der Waals surface area contributed by atoms with Crippen molar-refractivity contribution in [2.24, 2.45) is 0 Å². The maximum atomic E-state index is 12.4. The topological polar surface area (TPSA) is 95.9 Å². The summed E-state index contributed by atoms with van der Waals surface area (Å²) in [4.78, 5) is 24.5. The molecule has 400 valence electrons. The van der Waals surface area contributed by atoms with Gasteiger partial charge < -0.3 is 20.3 Å². The molecular weight excluding hydrogens is 839 g/mol. The number of rotatable bonds is 56. The summed E-state index contributed by atoms with van der Waals surface area (Å²) in [6.07, 6.45) is 71.8. The van der Waals surface area contributed by atoms with Gasteiger partial charge >= 0.3 is 5.97 Å². The second kappa shape index (κ2) is 57.7. The SMILES string of the molecule is CCCCCCCC/C=C\CCCCCCCCCCCC(=O)OCCCCCCCCCCC/C=C\CCCCCCCCCC(=O)NC(CO)C(O)/C=C/CCCCCCCCCCCC. The van der Waals surface area contributed by atoms with E-state index in [1.54, 1.807) is 6.08 Å². The van der Waals surface area contributed by atoms with E-state index in [1.165, 1.54) is 244 Å². The van der Waals surface area contributed by atoms with Crippen LogP contribution < -0.4 is 5.32 Å². The Morgan fingerprint density at radius 3 is 1.04 bits per heavy atom. The first-order chi connectivity index (χ1) is 33.5. The van der Waals surface area contributed by atoms with Gasteiger partial charge in [-0.3, -0.25) is 9.59 Å². The minimum absolute atomic E-state index is 0.00495. The van der Waals surface area contributed by atoms with Gasteiger partial charge in [-0.05, 0) is 83.5 Å². The summed E-state index contributed by atoms with van der Waals surface area (Å²) in [6.45, 7) is 4.89. The van der Waals surface area contributed by atoms with Crippen LogP contribution in [0.25, 0.3) is 0 Å². The second-order valence-electron chi connectivity index (χ2n) is 20.7. The van der Waals surface area contributed by atoms with Crippen LogP contribution >= 0.6 is 0 Å². The molecule has 0 spiro atoms. The molecule has 0 fully saturated rings. The van der Waals surface area contributed by atoms with Gasteiger partial charge in [-0.15, -0.1) is 0 Å². The highest BCUT2D eigenvalue weighted by atomic mass is 16.5. The Bertz CT molecular complexity index is 1100. The molecule has 0 saturated heterocycles. The zero-order valence-corrected chi connectivity index (χ0v) is 45.6. The highest BCUT2D eigenvalue weighted by molar-refractivity contribution is 5.76. The number of amides is 1. The monoisotopic (exact) mass is 956 g/mol. The van der Waals surface area contributed by atoms with Crippen molar-refractivity contribution >= 4 is 11.9 Å². The number of carbonyl (C=O) groups is 2. The summed E-state index contributed by atoms with van der Waals surface area (Å²) >= 11 is 0. The lowest BCUT2D eigenvalue weighted by molar-refractivity contribution is -0.143. The number of aliphatic hydroxyl groups is 2. The Hall–Kier alpha value is -1.92. The van der Waals surface area contributed by atoms with Crippen molar-refractivity contribution in [1.29, 1.82) is 0 Å². The van der Waals surface area contributed by atoms with Gasteiger partial charge in [0.15, 0.2) is 0 Å². The number of aliphatic hydroxyl groups excluding tert-OH is 2. The summed E-state index contributed by atoms with van der Waals surface area (Å²) < 4.78 is 5.49. The van der Waals surface area contributed by atoms with Crippen molar-refractivity contribution < 1.29 is 24.5 Å². The van der Waals surface area contributed by atoms with Gasteiger partial charge in [0.05, 0.1) is 25.4 Å². The minimum atomic E-state index is -0.849. The molecule has 1 amide bonds. The number of hydrogen-bond acceptors (Lipinski definition) is 5. The average Bonchev–Trinajstić information content (AvgIpc) is 3.34. The number of ether oxygens (including phenoxy) is 1. The molecule has 6 heteroatoms. The van der Waals surface area contributed by atoms with E-state index >= 15 is 0 Å². The molecule has 0 heterocycles. The summed E-state index contributed by atoms with van der Waals surface area (Å²) in [5.41, 5.74) is 0. The highest BCUT2D eigenvalue weighted by Crippen LogP contribution is 2.16. The third-order valence-electron chi connectivity index (χ3n) is 13.9. The van der Waals surface area contributed by atoms with E-state index in [2.05, 4.69) is 43.5 Å². The fourth-order valence-corrected chi connectivity index (χ4v) is 9.21. The van der Waals surface area contributed by atoms with Crippen molar-refractivity contribution in [3.63, 3.8) is 0 Å². The largest absolute Gasteiger partial charge is 0.466 e. The van der Waals surface area contributed by atoms with Gasteiger partial charge in [-0.25, -0.2) is 0 Å². The summed E-state index contributed by atoms with van der Waals surface area (Å²) in [7, 11) is 0. The Labute approximate surface area is 424 Å². The van der Waals surface area contributed by atoms with Gasteiger partial charge in [0.2, 0.25) is 5.91 Å². The molecule has 68 heavy (non-hydrogen) atoms.